The van der Waals surface area contributed by atoms with Crippen LogP contribution in [0.1, 0.15) is 84.0 Å². The minimum atomic E-state index is -1.47. The molecule has 0 radical (unpaired) electrons. The largest absolute Gasteiger partial charge is 0.469 e. The van der Waals surface area contributed by atoms with E-state index in [1.807, 2.05) is 13.0 Å². The normalized spacial score (nSPS) is 24.4. The zero-order chi connectivity index (χ0) is 21.0. The Hall–Kier alpha value is -1.20. The summed E-state index contributed by atoms with van der Waals surface area (Å²) in [5, 5.41) is 20.8. The quantitative estimate of drug-likeness (QED) is 0.239. The van der Waals surface area contributed by atoms with Crippen molar-refractivity contribution >= 4 is 5.97 Å². The highest BCUT2D eigenvalue weighted by Crippen LogP contribution is 2.37. The van der Waals surface area contributed by atoms with Gasteiger partial charge in [0, 0.05) is 12.8 Å². The molecule has 4 nitrogen and oxygen atoms in total. The van der Waals surface area contributed by atoms with Crippen molar-refractivity contribution in [2.75, 3.05) is 7.11 Å². The molecular weight excluding hydrogens is 359 g/mol. The Morgan fingerprint density at radius 1 is 1.25 bits per heavy atom. The number of unbranched alkanes of at least 4 members (excludes halogenated alkanes) is 4. The van der Waals surface area contributed by atoms with Gasteiger partial charge in [0.2, 0.25) is 0 Å². The molecule has 0 aromatic heterocycles. The fourth-order valence-electron chi connectivity index (χ4n) is 4.08. The number of methoxy groups -OCH3 is 1. The summed E-state index contributed by atoms with van der Waals surface area (Å²) in [6.07, 6.45) is 12.9. The van der Waals surface area contributed by atoms with Gasteiger partial charge >= 0.3 is 5.97 Å². The van der Waals surface area contributed by atoms with Gasteiger partial charge in [0.25, 0.3) is 0 Å². The van der Waals surface area contributed by atoms with Crippen molar-refractivity contribution in [2.45, 2.75) is 95.7 Å². The first-order valence-electron chi connectivity index (χ1n) is 10.8. The average Bonchev–Trinajstić information content (AvgIpc) is 3.02. The first kappa shape index (κ1) is 24.8. The van der Waals surface area contributed by atoms with E-state index in [1.165, 1.54) is 7.11 Å². The summed E-state index contributed by atoms with van der Waals surface area (Å²) < 4.78 is 18.3. The second kappa shape index (κ2) is 13.1. The number of esters is 1. The molecule has 0 saturated heterocycles. The number of aliphatic hydroxyl groups excluding tert-OH is 1. The maximum atomic E-state index is 13.7. The average molecular weight is 399 g/mol. The van der Waals surface area contributed by atoms with E-state index in [-0.39, 0.29) is 30.3 Å². The maximum Gasteiger partial charge on any atom is 0.305 e. The Morgan fingerprint density at radius 3 is 2.61 bits per heavy atom. The van der Waals surface area contributed by atoms with Crippen LogP contribution in [0.15, 0.2) is 24.6 Å². The van der Waals surface area contributed by atoms with E-state index in [0.29, 0.717) is 12.8 Å². The zero-order valence-electron chi connectivity index (χ0n) is 17.7. The molecule has 0 spiro atoms. The summed E-state index contributed by atoms with van der Waals surface area (Å²) in [6.45, 7) is 5.33. The predicted octanol–water partition coefficient (Wildman–Crippen LogP) is 5.24. The summed E-state index contributed by atoms with van der Waals surface area (Å²) >= 11 is 0. The van der Waals surface area contributed by atoms with Crippen LogP contribution in [0, 0.1) is 11.8 Å². The van der Waals surface area contributed by atoms with E-state index in [9.17, 15) is 19.4 Å². The number of rotatable bonds is 14. The molecule has 2 N–H and O–H groups in total. The maximum absolute atomic E-state index is 13.7. The molecular formula is C23H39FO4. The van der Waals surface area contributed by atoms with E-state index >= 15 is 0 Å². The van der Waals surface area contributed by atoms with Gasteiger partial charge in [0.05, 0.1) is 13.2 Å². The molecule has 1 fully saturated rings. The summed E-state index contributed by atoms with van der Waals surface area (Å²) in [5.41, 5.74) is -1.47. The lowest BCUT2D eigenvalue weighted by Gasteiger charge is -2.25. The highest BCUT2D eigenvalue weighted by Gasteiger charge is 2.33. The molecule has 0 aromatic carbocycles. The third-order valence-electron chi connectivity index (χ3n) is 6.02. The van der Waals surface area contributed by atoms with Crippen LogP contribution in [0.2, 0.25) is 0 Å². The SMILES string of the molecule is C=C(F)C(O)(CC=C[C@H]1CC[C@H](O)[C@@H]1CCCCCCC(=O)OC)CCCC. The van der Waals surface area contributed by atoms with Crippen LogP contribution in [0.25, 0.3) is 0 Å². The topological polar surface area (TPSA) is 66.8 Å². The van der Waals surface area contributed by atoms with Gasteiger partial charge in [-0.1, -0.05) is 57.8 Å². The molecule has 1 aliphatic rings. The molecule has 5 heteroatoms. The van der Waals surface area contributed by atoms with Crippen LogP contribution in [-0.2, 0) is 9.53 Å². The molecule has 1 unspecified atom stereocenters. The third kappa shape index (κ3) is 8.44. The van der Waals surface area contributed by atoms with Gasteiger partial charge in [-0.15, -0.1) is 0 Å². The fourth-order valence-corrected chi connectivity index (χ4v) is 4.08. The van der Waals surface area contributed by atoms with Crippen molar-refractivity contribution in [3.8, 4) is 0 Å². The van der Waals surface area contributed by atoms with Gasteiger partial charge < -0.3 is 14.9 Å². The number of allylic oxidation sites excluding steroid dienone is 1. The van der Waals surface area contributed by atoms with Crippen molar-refractivity contribution in [1.29, 1.82) is 0 Å². The molecule has 162 valence electrons. The number of hydrogen-bond acceptors (Lipinski definition) is 4. The first-order valence-corrected chi connectivity index (χ1v) is 10.8. The van der Waals surface area contributed by atoms with Gasteiger partial charge in [0.15, 0.2) is 0 Å². The standard InChI is InChI=1S/C23H39FO4/c1-4-5-16-23(27,18(2)24)17-10-11-19-14-15-21(25)20(19)12-8-6-7-9-13-22(26)28-3/h10-11,19-21,25,27H,2,4-9,12-17H2,1,3H3/t19-,20+,21-,23?/m0/s1. The summed E-state index contributed by atoms with van der Waals surface area (Å²) in [4.78, 5) is 11.1. The van der Waals surface area contributed by atoms with Crippen LogP contribution >= 0.6 is 0 Å². The lowest BCUT2D eigenvalue weighted by Crippen LogP contribution is -2.28. The summed E-state index contributed by atoms with van der Waals surface area (Å²) in [7, 11) is 1.41. The van der Waals surface area contributed by atoms with Crippen molar-refractivity contribution < 1.29 is 24.1 Å². The van der Waals surface area contributed by atoms with Crippen LogP contribution < -0.4 is 0 Å². The molecule has 0 aromatic rings. The molecule has 1 aliphatic carbocycles. The third-order valence-corrected chi connectivity index (χ3v) is 6.02. The van der Waals surface area contributed by atoms with E-state index in [4.69, 9.17) is 0 Å². The lowest BCUT2D eigenvalue weighted by atomic mass is 9.87. The number of ether oxygens (including phenoxy) is 1. The smallest absolute Gasteiger partial charge is 0.305 e. The number of halogens is 1. The van der Waals surface area contributed by atoms with Crippen molar-refractivity contribution in [1.82, 2.24) is 0 Å². The van der Waals surface area contributed by atoms with Gasteiger partial charge in [-0.3, -0.25) is 4.79 Å². The van der Waals surface area contributed by atoms with Gasteiger partial charge in [-0.2, -0.15) is 0 Å². The van der Waals surface area contributed by atoms with E-state index in [2.05, 4.69) is 17.4 Å². The fraction of sp³-hybridized carbons (Fsp3) is 0.783. The van der Waals surface area contributed by atoms with Gasteiger partial charge in [-0.05, 0) is 43.9 Å². The molecule has 1 rings (SSSR count). The van der Waals surface area contributed by atoms with Crippen LogP contribution in [0.3, 0.4) is 0 Å². The molecule has 0 aliphatic heterocycles. The molecule has 28 heavy (non-hydrogen) atoms. The first-order chi connectivity index (χ1) is 13.3. The molecule has 0 bridgehead atoms. The minimum absolute atomic E-state index is 0.161. The van der Waals surface area contributed by atoms with Crippen molar-refractivity contribution in [3.05, 3.63) is 24.6 Å². The molecule has 0 heterocycles. The number of aliphatic hydroxyl groups is 2. The highest BCUT2D eigenvalue weighted by molar-refractivity contribution is 5.68. The Bertz CT molecular complexity index is 505. The van der Waals surface area contributed by atoms with Gasteiger partial charge in [0.1, 0.15) is 11.4 Å². The Labute approximate surface area is 169 Å². The predicted molar refractivity (Wildman–Crippen MR) is 110 cm³/mol. The number of carbonyl (C=O) groups excluding carboxylic acids is 1. The van der Waals surface area contributed by atoms with E-state index in [1.54, 1.807) is 0 Å². The molecule has 4 atom stereocenters. The highest BCUT2D eigenvalue weighted by atomic mass is 19.1. The Balaban J connectivity index is 2.43. The minimum Gasteiger partial charge on any atom is -0.469 e. The lowest BCUT2D eigenvalue weighted by molar-refractivity contribution is -0.140. The van der Waals surface area contributed by atoms with Crippen LogP contribution in [0.5, 0.6) is 0 Å². The number of hydrogen-bond donors (Lipinski definition) is 2. The van der Waals surface area contributed by atoms with Crippen LogP contribution in [0.4, 0.5) is 4.39 Å². The number of carbonyl (C=O) groups is 1. The van der Waals surface area contributed by atoms with Crippen molar-refractivity contribution in [3.63, 3.8) is 0 Å². The van der Waals surface area contributed by atoms with Crippen LogP contribution in [-0.4, -0.2) is 35.0 Å². The molecule has 0 amide bonds. The monoisotopic (exact) mass is 398 g/mol. The second-order valence-corrected chi connectivity index (χ2v) is 8.17. The molecule has 1 saturated carbocycles. The van der Waals surface area contributed by atoms with Crippen molar-refractivity contribution in [2.24, 2.45) is 11.8 Å². The van der Waals surface area contributed by atoms with Gasteiger partial charge in [-0.25, -0.2) is 4.39 Å². The van der Waals surface area contributed by atoms with E-state index < -0.39 is 11.4 Å². The second-order valence-electron chi connectivity index (χ2n) is 8.17. The Morgan fingerprint density at radius 2 is 1.96 bits per heavy atom. The summed E-state index contributed by atoms with van der Waals surface area (Å²) in [6, 6.07) is 0. The van der Waals surface area contributed by atoms with E-state index in [0.717, 1.165) is 57.8 Å². The Kier molecular flexibility index (Phi) is 11.6. The summed E-state index contributed by atoms with van der Waals surface area (Å²) in [5.74, 6) is -0.339. The zero-order valence-corrected chi connectivity index (χ0v) is 17.7.